The summed E-state index contributed by atoms with van der Waals surface area (Å²) in [6, 6.07) is 8.40. The standard InChI is InChI=1S/C18H23N3O2/c1-11-15(17(22)23)20-12(2)21-16(11)19-10-13-6-8-14(9-7-13)18(3,4)5/h6-9H,10H2,1-5H3,(H,22,23)(H,19,20,21). The van der Waals surface area contributed by atoms with Crippen molar-refractivity contribution in [2.75, 3.05) is 5.32 Å². The van der Waals surface area contributed by atoms with Crippen molar-refractivity contribution in [3.63, 3.8) is 0 Å². The average Bonchev–Trinajstić information content (AvgIpc) is 2.47. The molecule has 0 bridgehead atoms. The lowest BCUT2D eigenvalue weighted by Crippen LogP contribution is -2.13. The van der Waals surface area contributed by atoms with Crippen LogP contribution in [-0.2, 0) is 12.0 Å². The molecule has 2 rings (SSSR count). The van der Waals surface area contributed by atoms with Crippen LogP contribution < -0.4 is 5.32 Å². The lowest BCUT2D eigenvalue weighted by atomic mass is 9.87. The molecule has 122 valence electrons. The maximum atomic E-state index is 11.2. The number of anilines is 1. The summed E-state index contributed by atoms with van der Waals surface area (Å²) in [5.41, 5.74) is 3.12. The Morgan fingerprint density at radius 1 is 1.13 bits per heavy atom. The molecule has 0 spiro atoms. The molecule has 2 aromatic rings. The van der Waals surface area contributed by atoms with Crippen LogP contribution in [0.4, 0.5) is 5.82 Å². The van der Waals surface area contributed by atoms with Gasteiger partial charge in [0.05, 0.1) is 0 Å². The molecule has 0 radical (unpaired) electrons. The molecule has 0 aliphatic heterocycles. The van der Waals surface area contributed by atoms with Crippen LogP contribution in [0.3, 0.4) is 0 Å². The Morgan fingerprint density at radius 2 is 1.74 bits per heavy atom. The number of aromatic carboxylic acids is 1. The number of aryl methyl sites for hydroxylation is 1. The first kappa shape index (κ1) is 16.9. The van der Waals surface area contributed by atoms with E-state index in [9.17, 15) is 9.90 Å². The van der Waals surface area contributed by atoms with Crippen molar-refractivity contribution in [3.8, 4) is 0 Å². The number of carbonyl (C=O) groups is 1. The number of rotatable bonds is 4. The lowest BCUT2D eigenvalue weighted by molar-refractivity contribution is 0.0689. The van der Waals surface area contributed by atoms with E-state index in [1.807, 2.05) is 0 Å². The van der Waals surface area contributed by atoms with Gasteiger partial charge in [0, 0.05) is 12.1 Å². The van der Waals surface area contributed by atoms with Crippen LogP contribution >= 0.6 is 0 Å². The van der Waals surface area contributed by atoms with Crippen molar-refractivity contribution in [1.82, 2.24) is 9.97 Å². The van der Waals surface area contributed by atoms with Crippen molar-refractivity contribution < 1.29 is 9.90 Å². The zero-order valence-corrected chi connectivity index (χ0v) is 14.3. The topological polar surface area (TPSA) is 75.1 Å². The molecule has 1 aromatic heterocycles. The van der Waals surface area contributed by atoms with Gasteiger partial charge in [0.1, 0.15) is 11.6 Å². The Morgan fingerprint density at radius 3 is 2.26 bits per heavy atom. The number of nitrogens with one attached hydrogen (secondary N) is 1. The molecule has 1 aromatic carbocycles. The second kappa shape index (κ2) is 6.36. The number of hydrogen-bond acceptors (Lipinski definition) is 4. The van der Waals surface area contributed by atoms with Crippen LogP contribution in [0, 0.1) is 13.8 Å². The third kappa shape index (κ3) is 4.06. The first-order valence-electron chi connectivity index (χ1n) is 7.60. The molecule has 0 amide bonds. The smallest absolute Gasteiger partial charge is 0.354 e. The van der Waals surface area contributed by atoms with E-state index in [1.54, 1.807) is 13.8 Å². The summed E-state index contributed by atoms with van der Waals surface area (Å²) in [5, 5.41) is 12.4. The largest absolute Gasteiger partial charge is 0.476 e. The summed E-state index contributed by atoms with van der Waals surface area (Å²) in [7, 11) is 0. The van der Waals surface area contributed by atoms with E-state index < -0.39 is 5.97 Å². The van der Waals surface area contributed by atoms with E-state index in [0.29, 0.717) is 23.8 Å². The highest BCUT2D eigenvalue weighted by Crippen LogP contribution is 2.22. The minimum atomic E-state index is -1.04. The van der Waals surface area contributed by atoms with Gasteiger partial charge >= 0.3 is 5.97 Å². The van der Waals surface area contributed by atoms with Gasteiger partial charge in [-0.05, 0) is 30.4 Å². The molecule has 0 atom stereocenters. The zero-order chi connectivity index (χ0) is 17.2. The Kier molecular flexibility index (Phi) is 4.68. The predicted octanol–water partition coefficient (Wildman–Crippen LogP) is 3.70. The molecule has 0 fully saturated rings. The lowest BCUT2D eigenvalue weighted by Gasteiger charge is -2.19. The fraction of sp³-hybridized carbons (Fsp3) is 0.389. The van der Waals surface area contributed by atoms with Gasteiger partial charge in [-0.2, -0.15) is 0 Å². The van der Waals surface area contributed by atoms with Crippen LogP contribution in [-0.4, -0.2) is 21.0 Å². The summed E-state index contributed by atoms with van der Waals surface area (Å²) in [4.78, 5) is 19.5. The summed E-state index contributed by atoms with van der Waals surface area (Å²) < 4.78 is 0. The van der Waals surface area contributed by atoms with E-state index in [0.717, 1.165) is 5.56 Å². The van der Waals surface area contributed by atoms with Crippen LogP contribution in [0.5, 0.6) is 0 Å². The van der Waals surface area contributed by atoms with E-state index in [-0.39, 0.29) is 11.1 Å². The van der Waals surface area contributed by atoms with Gasteiger partial charge in [0.15, 0.2) is 5.69 Å². The number of nitrogens with zero attached hydrogens (tertiary/aromatic N) is 2. The fourth-order valence-corrected chi connectivity index (χ4v) is 2.32. The SMILES string of the molecule is Cc1nc(NCc2ccc(C(C)(C)C)cc2)c(C)c(C(=O)O)n1. The highest BCUT2D eigenvalue weighted by atomic mass is 16.4. The summed E-state index contributed by atoms with van der Waals surface area (Å²) in [5.74, 6) is -0.0287. The van der Waals surface area contributed by atoms with Crippen molar-refractivity contribution in [3.05, 3.63) is 52.5 Å². The molecule has 0 aliphatic rings. The number of benzene rings is 1. The monoisotopic (exact) mass is 313 g/mol. The zero-order valence-electron chi connectivity index (χ0n) is 14.3. The molecular weight excluding hydrogens is 290 g/mol. The second-order valence-corrected chi connectivity index (χ2v) is 6.70. The first-order chi connectivity index (χ1) is 10.7. The van der Waals surface area contributed by atoms with Crippen molar-refractivity contribution in [2.45, 2.75) is 46.6 Å². The van der Waals surface area contributed by atoms with Gasteiger partial charge in [-0.25, -0.2) is 14.8 Å². The number of carboxylic acids is 1. The summed E-state index contributed by atoms with van der Waals surface area (Å²) in [6.45, 7) is 10.5. The van der Waals surface area contributed by atoms with Gasteiger partial charge in [0.2, 0.25) is 0 Å². The summed E-state index contributed by atoms with van der Waals surface area (Å²) in [6.07, 6.45) is 0. The third-order valence-corrected chi connectivity index (χ3v) is 3.74. The van der Waals surface area contributed by atoms with Crippen molar-refractivity contribution >= 4 is 11.8 Å². The average molecular weight is 313 g/mol. The van der Waals surface area contributed by atoms with E-state index >= 15 is 0 Å². The molecule has 2 N–H and O–H groups in total. The van der Waals surface area contributed by atoms with Gasteiger partial charge in [-0.1, -0.05) is 45.0 Å². The highest BCUT2D eigenvalue weighted by Gasteiger charge is 2.15. The van der Waals surface area contributed by atoms with Crippen LogP contribution in [0.15, 0.2) is 24.3 Å². The minimum Gasteiger partial charge on any atom is -0.476 e. The molecule has 1 heterocycles. The van der Waals surface area contributed by atoms with E-state index in [4.69, 9.17) is 0 Å². The van der Waals surface area contributed by atoms with Crippen LogP contribution in [0.25, 0.3) is 0 Å². The molecule has 0 aliphatic carbocycles. The van der Waals surface area contributed by atoms with Gasteiger partial charge < -0.3 is 10.4 Å². The summed E-state index contributed by atoms with van der Waals surface area (Å²) >= 11 is 0. The second-order valence-electron chi connectivity index (χ2n) is 6.70. The molecule has 0 saturated heterocycles. The van der Waals surface area contributed by atoms with Crippen molar-refractivity contribution in [2.24, 2.45) is 0 Å². The molecule has 5 heteroatoms. The third-order valence-electron chi connectivity index (χ3n) is 3.74. The van der Waals surface area contributed by atoms with Gasteiger partial charge in [-0.15, -0.1) is 0 Å². The van der Waals surface area contributed by atoms with Crippen LogP contribution in [0.2, 0.25) is 0 Å². The Balaban J connectivity index is 2.17. The first-order valence-corrected chi connectivity index (χ1v) is 7.60. The normalized spacial score (nSPS) is 11.3. The number of aromatic nitrogens is 2. The quantitative estimate of drug-likeness (QED) is 0.900. The molecular formula is C18H23N3O2. The maximum absolute atomic E-state index is 11.2. The Bertz CT molecular complexity index is 716. The predicted molar refractivity (Wildman–Crippen MR) is 90.9 cm³/mol. The van der Waals surface area contributed by atoms with E-state index in [2.05, 4.69) is 60.3 Å². The number of carboxylic acid groups (broad SMARTS) is 1. The fourth-order valence-electron chi connectivity index (χ4n) is 2.32. The number of hydrogen-bond donors (Lipinski definition) is 2. The maximum Gasteiger partial charge on any atom is 0.354 e. The molecule has 5 nitrogen and oxygen atoms in total. The van der Waals surface area contributed by atoms with Crippen molar-refractivity contribution in [1.29, 1.82) is 0 Å². The van der Waals surface area contributed by atoms with Crippen LogP contribution in [0.1, 0.15) is 53.8 Å². The van der Waals surface area contributed by atoms with E-state index in [1.165, 1.54) is 5.56 Å². The Labute approximate surface area is 136 Å². The molecule has 0 saturated carbocycles. The minimum absolute atomic E-state index is 0.0445. The molecule has 23 heavy (non-hydrogen) atoms. The van der Waals surface area contributed by atoms with Gasteiger partial charge in [0.25, 0.3) is 0 Å². The Hall–Kier alpha value is -2.43. The molecule has 0 unspecified atom stereocenters. The highest BCUT2D eigenvalue weighted by molar-refractivity contribution is 5.88. The van der Waals surface area contributed by atoms with Gasteiger partial charge in [-0.3, -0.25) is 0 Å².